The third-order valence-electron chi connectivity index (χ3n) is 2.07. The Morgan fingerprint density at radius 3 is 1.20 bits per heavy atom. The van der Waals surface area contributed by atoms with E-state index in [4.69, 9.17) is 0 Å². The van der Waals surface area contributed by atoms with Crippen LogP contribution in [0.3, 0.4) is 0 Å². The van der Waals surface area contributed by atoms with Gasteiger partial charge in [0, 0.05) is 0 Å². The smallest absolute Gasteiger partial charge is 0.0622 e. The summed E-state index contributed by atoms with van der Waals surface area (Å²) in [6.45, 7) is 0. The van der Waals surface area contributed by atoms with E-state index < -0.39 is 0 Å². The van der Waals surface area contributed by atoms with Gasteiger partial charge in [-0.2, -0.15) is 0 Å². The molecule has 2 rings (SSSR count). The minimum absolute atomic E-state index is 0. The minimum atomic E-state index is 0. The van der Waals surface area contributed by atoms with Gasteiger partial charge in [0.2, 0.25) is 0 Å². The molecule has 0 radical (unpaired) electrons. The molecule has 0 bridgehead atoms. The fourth-order valence-corrected chi connectivity index (χ4v) is 1.32. The molecule has 0 saturated carbocycles. The van der Waals surface area contributed by atoms with Crippen LogP contribution in [-0.4, -0.2) is 0 Å². The number of hydrogen-bond donors (Lipinski definition) is 0. The first-order valence-electron chi connectivity index (χ1n) is 4.73. The van der Waals surface area contributed by atoms with Gasteiger partial charge in [-0.15, -0.1) is 0 Å². The Hall–Kier alpha value is -0.184. The summed E-state index contributed by atoms with van der Waals surface area (Å²) in [7, 11) is 0. The number of rotatable bonds is 2. The van der Waals surface area contributed by atoms with E-state index in [-0.39, 0.29) is 51.4 Å². The van der Waals surface area contributed by atoms with Crippen LogP contribution in [0.1, 0.15) is 11.1 Å². The maximum atomic E-state index is 2.12. The molecule has 0 heterocycles. The molecular weight excluding hydrogens is 207 g/mol. The fourth-order valence-electron chi connectivity index (χ4n) is 1.32. The summed E-state index contributed by atoms with van der Waals surface area (Å²) < 4.78 is 0. The van der Waals surface area contributed by atoms with Gasteiger partial charge >= 0.3 is 51.4 Å². The molecule has 2 aromatic rings. The Morgan fingerprint density at radius 2 is 0.867 bits per heavy atom. The maximum Gasteiger partial charge on any atom is 1.00 e. The second kappa shape index (κ2) is 7.15. The predicted molar refractivity (Wildman–Crippen MR) is 61.8 cm³/mol. The summed E-state index contributed by atoms with van der Waals surface area (Å²) in [5.41, 5.74) is 2.47. The molecule has 0 aliphatic carbocycles. The van der Waals surface area contributed by atoms with Crippen LogP contribution in [0.4, 0.5) is 0 Å². The van der Waals surface area contributed by atoms with E-state index >= 15 is 0 Å². The molecule has 68 valence electrons. The Kier molecular flexibility index (Phi) is 6.14. The summed E-state index contributed by atoms with van der Waals surface area (Å²) in [5.74, 6) is 0. The third-order valence-corrected chi connectivity index (χ3v) is 2.07. The standard InChI is InChI=1S/C14H12.K/c1-3-7-13(8-4-1)11-12-14-9-5-2-6-10-14;/h1-12H;/q;+1/b12-11+;. The van der Waals surface area contributed by atoms with Gasteiger partial charge in [0.1, 0.15) is 0 Å². The summed E-state index contributed by atoms with van der Waals surface area (Å²) in [6.07, 6.45) is 4.24. The van der Waals surface area contributed by atoms with Gasteiger partial charge in [-0.3, -0.25) is 0 Å². The van der Waals surface area contributed by atoms with Crippen molar-refractivity contribution >= 4 is 12.2 Å². The van der Waals surface area contributed by atoms with Crippen LogP contribution in [0.25, 0.3) is 12.2 Å². The zero-order valence-corrected chi connectivity index (χ0v) is 12.1. The van der Waals surface area contributed by atoms with Crippen LogP contribution < -0.4 is 51.4 Å². The van der Waals surface area contributed by atoms with E-state index in [1.807, 2.05) is 36.4 Å². The van der Waals surface area contributed by atoms with Crippen molar-refractivity contribution in [3.05, 3.63) is 71.8 Å². The van der Waals surface area contributed by atoms with E-state index in [1.165, 1.54) is 11.1 Å². The summed E-state index contributed by atoms with van der Waals surface area (Å²) in [6, 6.07) is 20.6. The van der Waals surface area contributed by atoms with Crippen LogP contribution >= 0.6 is 0 Å². The van der Waals surface area contributed by atoms with Crippen molar-refractivity contribution in [1.29, 1.82) is 0 Å². The zero-order valence-electron chi connectivity index (χ0n) is 8.93. The molecule has 1 heteroatoms. The van der Waals surface area contributed by atoms with Crippen LogP contribution in [0.5, 0.6) is 0 Å². The molecule has 15 heavy (non-hydrogen) atoms. The van der Waals surface area contributed by atoms with Gasteiger partial charge in [-0.05, 0) is 11.1 Å². The second-order valence-corrected chi connectivity index (χ2v) is 3.15. The van der Waals surface area contributed by atoms with Gasteiger partial charge in [0.15, 0.2) is 0 Å². The molecule has 2 aromatic carbocycles. The summed E-state index contributed by atoms with van der Waals surface area (Å²) >= 11 is 0. The first-order chi connectivity index (χ1) is 6.95. The van der Waals surface area contributed by atoms with E-state index in [0.29, 0.717) is 0 Å². The van der Waals surface area contributed by atoms with Gasteiger partial charge < -0.3 is 0 Å². The Bertz CT molecular complexity index is 362. The molecule has 0 N–H and O–H groups in total. The first kappa shape index (κ1) is 12.9. The monoisotopic (exact) mass is 219 g/mol. The Morgan fingerprint density at radius 1 is 0.533 bits per heavy atom. The van der Waals surface area contributed by atoms with E-state index in [9.17, 15) is 0 Å². The molecule has 0 nitrogen and oxygen atoms in total. The molecular formula is C14H12K+. The number of hydrogen-bond acceptors (Lipinski definition) is 0. The van der Waals surface area contributed by atoms with Gasteiger partial charge in [-0.25, -0.2) is 0 Å². The van der Waals surface area contributed by atoms with Crippen molar-refractivity contribution in [3.8, 4) is 0 Å². The van der Waals surface area contributed by atoms with Gasteiger partial charge in [0.05, 0.1) is 0 Å². The summed E-state index contributed by atoms with van der Waals surface area (Å²) in [5, 5.41) is 0. The Balaban J connectivity index is 0.00000112. The van der Waals surface area contributed by atoms with Gasteiger partial charge in [0.25, 0.3) is 0 Å². The molecule has 0 aliphatic rings. The second-order valence-electron chi connectivity index (χ2n) is 3.15. The van der Waals surface area contributed by atoms with Crippen molar-refractivity contribution in [2.45, 2.75) is 0 Å². The van der Waals surface area contributed by atoms with Crippen LogP contribution in [-0.2, 0) is 0 Å². The largest absolute Gasteiger partial charge is 1.00 e. The van der Waals surface area contributed by atoms with Crippen molar-refractivity contribution in [3.63, 3.8) is 0 Å². The first-order valence-corrected chi connectivity index (χ1v) is 4.73. The van der Waals surface area contributed by atoms with Gasteiger partial charge in [-0.1, -0.05) is 72.8 Å². The molecule has 0 amide bonds. The minimum Gasteiger partial charge on any atom is -0.0622 e. The third kappa shape index (κ3) is 4.45. The van der Waals surface area contributed by atoms with E-state index in [2.05, 4.69) is 36.4 Å². The average Bonchev–Trinajstić information content (AvgIpc) is 2.29. The maximum absolute atomic E-state index is 2.12. The van der Waals surface area contributed by atoms with Crippen LogP contribution in [0.2, 0.25) is 0 Å². The molecule has 0 atom stereocenters. The quantitative estimate of drug-likeness (QED) is 0.519. The van der Waals surface area contributed by atoms with Crippen LogP contribution in [0, 0.1) is 0 Å². The van der Waals surface area contributed by atoms with E-state index in [0.717, 1.165) is 0 Å². The molecule has 0 aliphatic heterocycles. The SMILES string of the molecule is C(=C\c1ccccc1)/c1ccccc1.[K+]. The number of benzene rings is 2. The van der Waals surface area contributed by atoms with Crippen molar-refractivity contribution in [2.24, 2.45) is 0 Å². The molecule has 0 saturated heterocycles. The van der Waals surface area contributed by atoms with Crippen molar-refractivity contribution < 1.29 is 51.4 Å². The van der Waals surface area contributed by atoms with E-state index in [1.54, 1.807) is 0 Å². The van der Waals surface area contributed by atoms with Crippen LogP contribution in [0.15, 0.2) is 60.7 Å². The molecule has 0 unspecified atom stereocenters. The fraction of sp³-hybridized carbons (Fsp3) is 0. The van der Waals surface area contributed by atoms with Crippen molar-refractivity contribution in [2.75, 3.05) is 0 Å². The topological polar surface area (TPSA) is 0 Å². The molecule has 0 spiro atoms. The normalized spacial score (nSPS) is 9.87. The molecule has 0 fully saturated rings. The van der Waals surface area contributed by atoms with Crippen molar-refractivity contribution in [1.82, 2.24) is 0 Å². The predicted octanol–water partition coefficient (Wildman–Crippen LogP) is 0.861. The summed E-state index contributed by atoms with van der Waals surface area (Å²) in [4.78, 5) is 0. The zero-order chi connectivity index (χ0) is 9.64. The average molecular weight is 219 g/mol. The Labute approximate surface area is 133 Å². The molecule has 0 aromatic heterocycles.